The van der Waals surface area contributed by atoms with Crippen molar-refractivity contribution in [1.29, 1.82) is 0 Å². The molecule has 6 bridgehead atoms. The van der Waals surface area contributed by atoms with Crippen LogP contribution in [-0.2, 0) is 9.53 Å². The summed E-state index contributed by atoms with van der Waals surface area (Å²) in [7, 11) is 0. The minimum absolute atomic E-state index is 0.0497. The number of phenolic OH excluding ortho intramolecular Hbond substituents is 2. The topological polar surface area (TPSA) is 200 Å². The Morgan fingerprint density at radius 3 is 2.27 bits per heavy atom. The van der Waals surface area contributed by atoms with Crippen LogP contribution >= 0.6 is 0 Å². The first kappa shape index (κ1) is 38.2. The van der Waals surface area contributed by atoms with Crippen molar-refractivity contribution in [2.45, 2.75) is 139 Å². The lowest BCUT2D eigenvalue weighted by molar-refractivity contribution is -0.248. The van der Waals surface area contributed by atoms with Crippen LogP contribution in [0.4, 0.5) is 0 Å². The van der Waals surface area contributed by atoms with Gasteiger partial charge in [-0.2, -0.15) is 0 Å². The number of ketones is 1. The first-order chi connectivity index (χ1) is 25.8. The second-order valence-electron chi connectivity index (χ2n) is 20.0. The molecule has 55 heavy (non-hydrogen) atoms. The fraction of sp³-hybridized carbons (Fsp3) is 0.750. The van der Waals surface area contributed by atoms with Gasteiger partial charge in [-0.3, -0.25) is 4.79 Å². The number of rotatable bonds is 6. The number of carbonyl (C=O) groups excluding carboxylic acids is 1. The van der Waals surface area contributed by atoms with Crippen LogP contribution in [-0.4, -0.2) is 107 Å². The summed E-state index contributed by atoms with van der Waals surface area (Å²) in [5.74, 6) is -3.72. The maximum absolute atomic E-state index is 14.9. The summed E-state index contributed by atoms with van der Waals surface area (Å²) in [5.41, 5.74) is -7.60. The van der Waals surface area contributed by atoms with Gasteiger partial charge in [-0.1, -0.05) is 46.3 Å². The smallest absolute Gasteiger partial charge is 0.160 e. The molecule has 10 aliphatic rings. The lowest BCUT2D eigenvalue weighted by Crippen LogP contribution is -2.71. The average Bonchev–Trinajstić information content (AvgIpc) is 3.40. The van der Waals surface area contributed by atoms with E-state index in [0.717, 1.165) is 18.5 Å². The molecule has 11 heteroatoms. The number of allylic oxidation sites excluding steroid dienone is 2. The number of benzene rings is 1. The first-order valence-electron chi connectivity index (χ1n) is 20.8. The van der Waals surface area contributed by atoms with Crippen LogP contribution in [0.2, 0.25) is 0 Å². The van der Waals surface area contributed by atoms with Crippen molar-refractivity contribution in [3.63, 3.8) is 0 Å². The van der Waals surface area contributed by atoms with E-state index in [9.17, 15) is 45.6 Å². The number of carbonyl (C=O) groups is 1. The highest BCUT2D eigenvalue weighted by Gasteiger charge is 2.84. The van der Waals surface area contributed by atoms with E-state index in [4.69, 9.17) is 4.74 Å². The van der Waals surface area contributed by atoms with Gasteiger partial charge in [-0.15, -0.1) is 0 Å². The van der Waals surface area contributed by atoms with E-state index in [1.54, 1.807) is 6.08 Å². The standard InChI is InChI=1S/C44H61NO10/c1-6-45-22-25-19-37(3)8-7-28(25)44(36(51)23(37)2)42(53,13-14-46)35-30(55-44)20-43(54)31-18-29(49)34-33(24-15-26(47)17-27(48)16-24)41(52)12-11-40(31,10-9-38(35,43)4)39(34,5)21-32(41)50/h15-19,23,28,30,32-36,45-48,50-54H,6-14,20-22H2,1-5H3/t23-,28+,30+,32+,33-,34-,35+,36+,37-,38-,39+,40-,41+,42-,43-,44+/m1/s1. The Morgan fingerprint density at radius 2 is 1.60 bits per heavy atom. The van der Waals surface area contributed by atoms with E-state index in [1.165, 1.54) is 18.2 Å². The summed E-state index contributed by atoms with van der Waals surface area (Å²) in [6, 6.07) is 4.10. The van der Waals surface area contributed by atoms with Crippen LogP contribution in [0.25, 0.3) is 0 Å². The van der Waals surface area contributed by atoms with Crippen LogP contribution in [0.15, 0.2) is 41.5 Å². The lowest BCUT2D eigenvalue weighted by atomic mass is 9.38. The Labute approximate surface area is 323 Å². The molecule has 9 aliphatic carbocycles. The third-order valence-corrected chi connectivity index (χ3v) is 18.2. The molecule has 302 valence electrons. The zero-order chi connectivity index (χ0) is 39.5. The van der Waals surface area contributed by atoms with Gasteiger partial charge in [0.05, 0.1) is 29.5 Å². The Balaban J connectivity index is 1.19. The molecule has 16 atom stereocenters. The van der Waals surface area contributed by atoms with Gasteiger partial charge in [0, 0.05) is 66.6 Å². The number of fused-ring (bicyclic) bond motifs is 8. The van der Waals surface area contributed by atoms with Gasteiger partial charge in [-0.05, 0) is 97.6 Å². The molecule has 0 unspecified atom stereocenters. The van der Waals surface area contributed by atoms with Crippen molar-refractivity contribution >= 4 is 5.78 Å². The molecule has 0 aromatic heterocycles. The van der Waals surface area contributed by atoms with Gasteiger partial charge in [0.25, 0.3) is 0 Å². The van der Waals surface area contributed by atoms with E-state index < -0.39 is 74.7 Å². The van der Waals surface area contributed by atoms with Gasteiger partial charge in [0.15, 0.2) is 5.78 Å². The quantitative estimate of drug-likeness (QED) is 0.193. The number of hydrogen-bond acceptors (Lipinski definition) is 11. The van der Waals surface area contributed by atoms with E-state index in [0.29, 0.717) is 43.4 Å². The molecule has 0 radical (unpaired) electrons. The highest BCUT2D eigenvalue weighted by atomic mass is 16.6. The van der Waals surface area contributed by atoms with Crippen LogP contribution in [0.5, 0.6) is 11.5 Å². The summed E-state index contributed by atoms with van der Waals surface area (Å²) >= 11 is 0. The third kappa shape index (κ3) is 4.27. The molecule has 9 N–H and O–H groups in total. The van der Waals surface area contributed by atoms with Crippen LogP contribution in [0.1, 0.15) is 104 Å². The minimum Gasteiger partial charge on any atom is -0.508 e. The highest BCUT2D eigenvalue weighted by Crippen LogP contribution is 2.80. The predicted octanol–water partition coefficient (Wildman–Crippen LogP) is 3.35. The Hall–Kier alpha value is -2.35. The van der Waals surface area contributed by atoms with Crippen LogP contribution in [0, 0.1) is 45.3 Å². The average molecular weight is 764 g/mol. The molecule has 11 nitrogen and oxygen atoms in total. The largest absolute Gasteiger partial charge is 0.508 e. The maximum atomic E-state index is 14.9. The van der Waals surface area contributed by atoms with Gasteiger partial charge in [0.1, 0.15) is 22.7 Å². The van der Waals surface area contributed by atoms with E-state index >= 15 is 0 Å². The van der Waals surface area contributed by atoms with Crippen molar-refractivity contribution < 1.29 is 50.4 Å². The number of phenols is 2. The SMILES string of the molecule is CCNCC1=C[C@@]2(C)CC[C@@H]1[C@]1(O[C@H]3C[C@@]4(O)C5=CC(=O)[C@@H]6[C@@H](c7cc(O)cc(O)c7)[C@]7(O)CC[C@@]5(CC[C@]4(C)[C@H]3[C@]1(O)CCO)[C@@]6(C)C[C@@H]7O)[C@@H](O)[C@H]2C. The van der Waals surface area contributed by atoms with Gasteiger partial charge in [0.2, 0.25) is 0 Å². The van der Waals surface area contributed by atoms with Crippen molar-refractivity contribution in [2.24, 2.45) is 45.3 Å². The normalized spacial score (nSPS) is 53.3. The molecule has 7 fully saturated rings. The Kier molecular flexibility index (Phi) is 8.09. The van der Waals surface area contributed by atoms with E-state index in [2.05, 4.69) is 18.3 Å². The summed E-state index contributed by atoms with van der Waals surface area (Å²) in [5, 5.41) is 99.4. The fourth-order valence-corrected chi connectivity index (χ4v) is 15.5. The van der Waals surface area contributed by atoms with Crippen molar-refractivity contribution in [3.05, 3.63) is 47.1 Å². The van der Waals surface area contributed by atoms with Crippen molar-refractivity contribution in [1.82, 2.24) is 5.32 Å². The van der Waals surface area contributed by atoms with Crippen molar-refractivity contribution in [3.8, 4) is 11.5 Å². The molecule has 1 aliphatic heterocycles. The number of aliphatic hydroxyl groups excluding tert-OH is 3. The number of aliphatic hydroxyl groups is 6. The van der Waals surface area contributed by atoms with Crippen LogP contribution in [0.3, 0.4) is 0 Å². The molecule has 1 aromatic rings. The zero-order valence-electron chi connectivity index (χ0n) is 32.9. The molecule has 1 saturated heterocycles. The third-order valence-electron chi connectivity index (χ3n) is 18.2. The van der Waals surface area contributed by atoms with E-state index in [-0.39, 0.29) is 66.8 Å². The monoisotopic (exact) mass is 763 g/mol. The summed E-state index contributed by atoms with van der Waals surface area (Å²) in [6.45, 7) is 11.2. The second-order valence-corrected chi connectivity index (χ2v) is 20.0. The van der Waals surface area contributed by atoms with Crippen molar-refractivity contribution in [2.75, 3.05) is 19.7 Å². The van der Waals surface area contributed by atoms with Gasteiger partial charge in [-0.25, -0.2) is 0 Å². The van der Waals surface area contributed by atoms with Gasteiger partial charge < -0.3 is 50.9 Å². The highest BCUT2D eigenvalue weighted by molar-refractivity contribution is 5.96. The fourth-order valence-electron chi connectivity index (χ4n) is 15.5. The number of ether oxygens (including phenoxy) is 1. The number of likely N-dealkylation sites (N-methyl/N-ethyl adjacent to an activating group) is 1. The van der Waals surface area contributed by atoms with E-state index in [1.807, 2.05) is 27.7 Å². The number of aromatic hydroxyl groups is 2. The molecular formula is C44H61NO10. The maximum Gasteiger partial charge on any atom is 0.160 e. The molecule has 1 aromatic carbocycles. The predicted molar refractivity (Wildman–Crippen MR) is 202 cm³/mol. The first-order valence-corrected chi connectivity index (χ1v) is 20.8. The summed E-state index contributed by atoms with van der Waals surface area (Å²) in [4.78, 5) is 14.9. The lowest BCUT2D eigenvalue weighted by Gasteiger charge is -2.67. The van der Waals surface area contributed by atoms with Crippen LogP contribution < -0.4 is 5.32 Å². The minimum atomic E-state index is -1.74. The number of nitrogens with one attached hydrogen (secondary N) is 1. The second kappa shape index (κ2) is 11.6. The molecular weight excluding hydrogens is 702 g/mol. The summed E-state index contributed by atoms with van der Waals surface area (Å²) < 4.78 is 7.32. The molecule has 6 saturated carbocycles. The Morgan fingerprint density at radius 1 is 0.909 bits per heavy atom. The molecule has 0 amide bonds. The zero-order valence-corrected chi connectivity index (χ0v) is 32.9. The number of hydrogen-bond donors (Lipinski definition) is 9. The molecule has 2 spiro atoms. The molecule has 11 rings (SSSR count). The Bertz CT molecular complexity index is 1860. The summed E-state index contributed by atoms with van der Waals surface area (Å²) in [6.07, 6.45) is 4.06. The molecule has 1 heterocycles. The van der Waals surface area contributed by atoms with Gasteiger partial charge >= 0.3 is 0 Å².